The third kappa shape index (κ3) is 4.79. The molecule has 0 aliphatic rings. The van der Waals surface area contributed by atoms with E-state index in [4.69, 9.17) is 4.74 Å². The van der Waals surface area contributed by atoms with Gasteiger partial charge in [0.2, 0.25) is 0 Å². The molecule has 0 saturated carbocycles. The van der Waals surface area contributed by atoms with Gasteiger partial charge in [-0.1, -0.05) is 36.4 Å². The van der Waals surface area contributed by atoms with Crippen LogP contribution in [0.2, 0.25) is 0 Å². The minimum Gasteiger partial charge on any atom is -0.491 e. The van der Waals surface area contributed by atoms with Gasteiger partial charge in [-0.15, -0.1) is 0 Å². The highest BCUT2D eigenvalue weighted by Crippen LogP contribution is 2.30. The quantitative estimate of drug-likeness (QED) is 0.406. The van der Waals surface area contributed by atoms with E-state index in [0.29, 0.717) is 5.75 Å². The van der Waals surface area contributed by atoms with Gasteiger partial charge in [0.25, 0.3) is 0 Å². The number of fused-ring (bicyclic) bond motifs is 1. The maximum Gasteiger partial charge on any atom is 0.119 e. The van der Waals surface area contributed by atoms with Crippen LogP contribution in [0.25, 0.3) is 33.3 Å². The van der Waals surface area contributed by atoms with Crippen LogP contribution in [0.5, 0.6) is 5.75 Å². The number of benzene rings is 2. The number of rotatable bonds is 9. The van der Waals surface area contributed by atoms with Crippen molar-refractivity contribution < 1.29 is 23.7 Å². The lowest BCUT2D eigenvalue weighted by Crippen LogP contribution is -2.19. The monoisotopic (exact) mass is 438 g/mol. The molecule has 0 spiro atoms. The average molecular weight is 438 g/mol. The number of pyridine rings is 1. The number of halogens is 2. The minimum atomic E-state index is -1.13. The van der Waals surface area contributed by atoms with Gasteiger partial charge in [-0.3, -0.25) is 4.98 Å². The molecule has 166 valence electrons. The van der Waals surface area contributed by atoms with E-state index in [1.165, 1.54) is 0 Å². The normalized spacial score (nSPS) is 13.2. The first-order valence-electron chi connectivity index (χ1n) is 10.3. The van der Waals surface area contributed by atoms with Gasteiger partial charge in [0, 0.05) is 17.3 Å². The molecule has 2 heterocycles. The zero-order valence-electron chi connectivity index (χ0n) is 17.4. The predicted molar refractivity (Wildman–Crippen MR) is 120 cm³/mol. The van der Waals surface area contributed by atoms with E-state index >= 15 is 0 Å². The van der Waals surface area contributed by atoms with Crippen LogP contribution in [0.4, 0.5) is 8.78 Å². The van der Waals surface area contributed by atoms with Gasteiger partial charge >= 0.3 is 0 Å². The number of aliphatic hydroxyl groups is 2. The molecule has 2 aromatic heterocycles. The summed E-state index contributed by atoms with van der Waals surface area (Å²) in [5.74, 6) is 0.558. The second-order valence-electron chi connectivity index (χ2n) is 7.60. The lowest BCUT2D eigenvalue weighted by molar-refractivity contribution is 0.0842. The number of hydrogen-bond donors (Lipinski definition) is 2. The molecule has 0 radical (unpaired) electrons. The number of alkyl halides is 2. The molecule has 0 saturated heterocycles. The Labute approximate surface area is 184 Å². The predicted octanol–water partition coefficient (Wildman–Crippen LogP) is 4.41. The summed E-state index contributed by atoms with van der Waals surface area (Å²) in [5.41, 5.74) is 4.63. The van der Waals surface area contributed by atoms with Crippen molar-refractivity contribution in [3.05, 3.63) is 73.1 Å². The molecule has 2 N–H and O–H groups in total. The van der Waals surface area contributed by atoms with Gasteiger partial charge in [0.1, 0.15) is 37.9 Å². The molecular weight excluding hydrogens is 414 g/mol. The number of ether oxygens (including phenoxy) is 1. The van der Waals surface area contributed by atoms with Crippen molar-refractivity contribution in [2.45, 2.75) is 18.8 Å². The first-order valence-corrected chi connectivity index (χ1v) is 10.3. The van der Waals surface area contributed by atoms with Crippen molar-refractivity contribution in [1.29, 1.82) is 0 Å². The van der Waals surface area contributed by atoms with E-state index in [2.05, 4.69) is 4.98 Å². The van der Waals surface area contributed by atoms with Crippen LogP contribution in [-0.2, 0) is 6.54 Å². The summed E-state index contributed by atoms with van der Waals surface area (Å²) in [6.07, 6.45) is 1.21. The maximum atomic E-state index is 13.0. The van der Waals surface area contributed by atoms with Crippen LogP contribution in [0.15, 0.2) is 73.1 Å². The number of hydrogen-bond acceptors (Lipinski definition) is 4. The van der Waals surface area contributed by atoms with Crippen molar-refractivity contribution in [2.75, 3.05) is 20.0 Å². The standard InChI is InChI=1S/C25H24F2N2O3/c26-12-21(30)15-29-24(11-20-9-10-28-14-25(20)29)19-3-1-17(2-4-19)18-5-7-23(8-6-18)32-16-22(31)13-27/h1-11,14,21-22,30-31H,12-13,15-16H2. The fourth-order valence-corrected chi connectivity index (χ4v) is 3.61. The molecule has 4 rings (SSSR count). The highest BCUT2D eigenvalue weighted by atomic mass is 19.1. The van der Waals surface area contributed by atoms with Crippen LogP contribution in [0, 0.1) is 0 Å². The lowest BCUT2D eigenvalue weighted by atomic mass is 10.0. The molecule has 0 fully saturated rings. The smallest absolute Gasteiger partial charge is 0.119 e. The van der Waals surface area contributed by atoms with Crippen molar-refractivity contribution in [1.82, 2.24) is 9.55 Å². The summed E-state index contributed by atoms with van der Waals surface area (Å²) in [5, 5.41) is 20.1. The molecule has 0 aliphatic heterocycles. The Hall–Kier alpha value is -3.29. The Morgan fingerprint density at radius 1 is 0.844 bits per heavy atom. The molecule has 2 atom stereocenters. The van der Waals surface area contributed by atoms with E-state index in [1.54, 1.807) is 24.5 Å². The molecule has 2 unspecified atom stereocenters. The van der Waals surface area contributed by atoms with E-state index < -0.39 is 25.6 Å². The Balaban J connectivity index is 1.58. The van der Waals surface area contributed by atoms with E-state index in [9.17, 15) is 19.0 Å². The highest BCUT2D eigenvalue weighted by Gasteiger charge is 2.14. The van der Waals surface area contributed by atoms with Crippen molar-refractivity contribution in [3.63, 3.8) is 0 Å². The zero-order valence-corrected chi connectivity index (χ0v) is 17.4. The van der Waals surface area contributed by atoms with Crippen LogP contribution >= 0.6 is 0 Å². The summed E-state index contributed by atoms with van der Waals surface area (Å²) in [6.45, 7) is -1.61. The van der Waals surface area contributed by atoms with Gasteiger partial charge in [-0.25, -0.2) is 8.78 Å². The number of nitrogens with zero attached hydrogens (tertiary/aromatic N) is 2. The summed E-state index contributed by atoms with van der Waals surface area (Å²) in [7, 11) is 0. The second-order valence-corrected chi connectivity index (χ2v) is 7.60. The number of aliphatic hydroxyl groups excluding tert-OH is 2. The average Bonchev–Trinajstić information content (AvgIpc) is 3.21. The molecule has 0 amide bonds. The van der Waals surface area contributed by atoms with Crippen LogP contribution in [0.1, 0.15) is 0 Å². The largest absolute Gasteiger partial charge is 0.491 e. The van der Waals surface area contributed by atoms with Crippen LogP contribution in [-0.4, -0.2) is 51.9 Å². The van der Waals surface area contributed by atoms with Gasteiger partial charge in [-0.05, 0) is 41.0 Å². The van der Waals surface area contributed by atoms with Gasteiger partial charge < -0.3 is 19.5 Å². The summed E-state index contributed by atoms with van der Waals surface area (Å²) < 4.78 is 32.6. The molecule has 0 bridgehead atoms. The Morgan fingerprint density at radius 3 is 2.12 bits per heavy atom. The minimum absolute atomic E-state index is 0.0921. The summed E-state index contributed by atoms with van der Waals surface area (Å²) in [4.78, 5) is 4.16. The fourth-order valence-electron chi connectivity index (χ4n) is 3.61. The van der Waals surface area contributed by atoms with E-state index in [0.717, 1.165) is 33.3 Å². The Bertz CT molecular complexity index is 1160. The molecule has 0 aliphatic carbocycles. The molecular formula is C25H24F2N2O3. The molecule has 4 aromatic rings. The number of aromatic nitrogens is 2. The molecule has 32 heavy (non-hydrogen) atoms. The van der Waals surface area contributed by atoms with Gasteiger partial charge in [0.15, 0.2) is 0 Å². The lowest BCUT2D eigenvalue weighted by Gasteiger charge is -2.14. The molecule has 2 aromatic carbocycles. The zero-order chi connectivity index (χ0) is 22.5. The fraction of sp³-hybridized carbons (Fsp3) is 0.240. The summed E-state index contributed by atoms with van der Waals surface area (Å²) in [6, 6.07) is 19.2. The first kappa shape index (κ1) is 21.9. The third-order valence-corrected chi connectivity index (χ3v) is 5.27. The SMILES string of the molecule is OC(CF)COc1ccc(-c2ccc(-c3cc4ccncc4n3CC(O)CF)cc2)cc1. The Morgan fingerprint density at radius 2 is 1.47 bits per heavy atom. The second kappa shape index (κ2) is 9.89. The van der Waals surface area contributed by atoms with E-state index in [-0.39, 0.29) is 13.2 Å². The van der Waals surface area contributed by atoms with Crippen molar-refractivity contribution in [2.24, 2.45) is 0 Å². The van der Waals surface area contributed by atoms with Gasteiger partial charge in [0.05, 0.1) is 18.3 Å². The van der Waals surface area contributed by atoms with Crippen molar-refractivity contribution in [3.8, 4) is 28.1 Å². The third-order valence-electron chi connectivity index (χ3n) is 5.27. The van der Waals surface area contributed by atoms with E-state index in [1.807, 2.05) is 53.1 Å². The summed E-state index contributed by atoms with van der Waals surface area (Å²) >= 11 is 0. The highest BCUT2D eigenvalue weighted by molar-refractivity contribution is 5.86. The van der Waals surface area contributed by atoms with Gasteiger partial charge in [-0.2, -0.15) is 0 Å². The molecule has 7 heteroatoms. The van der Waals surface area contributed by atoms with Crippen LogP contribution in [0.3, 0.4) is 0 Å². The first-order chi connectivity index (χ1) is 15.6. The van der Waals surface area contributed by atoms with Crippen molar-refractivity contribution >= 4 is 10.9 Å². The van der Waals surface area contributed by atoms with Crippen LogP contribution < -0.4 is 4.74 Å². The topological polar surface area (TPSA) is 67.5 Å². The molecule has 5 nitrogen and oxygen atoms in total. The maximum absolute atomic E-state index is 13.0. The Kier molecular flexibility index (Phi) is 6.78.